The summed E-state index contributed by atoms with van der Waals surface area (Å²) in [7, 11) is 0. The van der Waals surface area contributed by atoms with Gasteiger partial charge in [0.15, 0.2) is 0 Å². The van der Waals surface area contributed by atoms with Crippen LogP contribution in [0.15, 0.2) is 36.4 Å². The van der Waals surface area contributed by atoms with Crippen molar-refractivity contribution in [3.63, 3.8) is 0 Å². The van der Waals surface area contributed by atoms with E-state index in [-0.39, 0.29) is 0 Å². The fourth-order valence-corrected chi connectivity index (χ4v) is 3.52. The summed E-state index contributed by atoms with van der Waals surface area (Å²) in [6.45, 7) is 3.07. The molecular weight excluding hydrogens is 330 g/mol. The molecule has 0 spiro atoms. The van der Waals surface area contributed by atoms with Crippen LogP contribution in [-0.2, 0) is 0 Å². The molecule has 0 unspecified atom stereocenters. The maximum absolute atomic E-state index is 8.96. The van der Waals surface area contributed by atoms with Gasteiger partial charge in [-0.25, -0.2) is 0 Å². The Hall–Kier alpha value is -2.01. The molecule has 2 aromatic rings. The van der Waals surface area contributed by atoms with Gasteiger partial charge in [-0.1, -0.05) is 89.7 Å². The van der Waals surface area contributed by atoms with Crippen LogP contribution in [0.5, 0.6) is 5.75 Å². The SMILES string of the molecule is CCCCCCCCCCCCCCOc1ccc2cc(C#N)ccc2c1. The Morgan fingerprint density at radius 3 is 1.89 bits per heavy atom. The van der Waals surface area contributed by atoms with Crippen molar-refractivity contribution in [3.05, 3.63) is 42.0 Å². The Morgan fingerprint density at radius 1 is 0.704 bits per heavy atom. The van der Waals surface area contributed by atoms with Crippen LogP contribution in [-0.4, -0.2) is 6.61 Å². The molecule has 0 aliphatic heterocycles. The van der Waals surface area contributed by atoms with Crippen molar-refractivity contribution >= 4 is 10.8 Å². The zero-order valence-electron chi connectivity index (χ0n) is 17.0. The van der Waals surface area contributed by atoms with E-state index in [1.54, 1.807) is 0 Å². The van der Waals surface area contributed by atoms with E-state index < -0.39 is 0 Å². The first kappa shape index (κ1) is 21.3. The molecule has 2 rings (SSSR count). The number of nitriles is 1. The van der Waals surface area contributed by atoms with Crippen LogP contribution in [0.4, 0.5) is 0 Å². The monoisotopic (exact) mass is 365 g/mol. The number of ether oxygens (including phenoxy) is 1. The predicted molar refractivity (Wildman–Crippen MR) is 115 cm³/mol. The molecule has 2 nitrogen and oxygen atoms in total. The van der Waals surface area contributed by atoms with Gasteiger partial charge >= 0.3 is 0 Å². The van der Waals surface area contributed by atoms with Gasteiger partial charge in [0.25, 0.3) is 0 Å². The molecule has 0 amide bonds. The Labute approximate surface area is 165 Å². The molecule has 0 heterocycles. The number of hydrogen-bond acceptors (Lipinski definition) is 2. The lowest BCUT2D eigenvalue weighted by atomic mass is 10.1. The molecule has 0 N–H and O–H groups in total. The molecule has 2 heteroatoms. The number of nitrogens with zero attached hydrogens (tertiary/aromatic N) is 1. The van der Waals surface area contributed by atoms with E-state index in [9.17, 15) is 0 Å². The van der Waals surface area contributed by atoms with E-state index in [4.69, 9.17) is 10.00 Å². The summed E-state index contributed by atoms with van der Waals surface area (Å²) in [5, 5.41) is 11.2. The highest BCUT2D eigenvalue weighted by atomic mass is 16.5. The van der Waals surface area contributed by atoms with E-state index in [2.05, 4.69) is 19.1 Å². The Morgan fingerprint density at radius 2 is 1.26 bits per heavy atom. The minimum Gasteiger partial charge on any atom is -0.494 e. The van der Waals surface area contributed by atoms with Crippen molar-refractivity contribution in [2.45, 2.75) is 84.0 Å². The maximum atomic E-state index is 8.96. The molecular formula is C25H35NO. The van der Waals surface area contributed by atoms with Gasteiger partial charge in [0.1, 0.15) is 5.75 Å². The number of fused-ring (bicyclic) bond motifs is 1. The predicted octanol–water partition coefficient (Wildman–Crippen LogP) is 7.79. The first-order valence-electron chi connectivity index (χ1n) is 10.9. The normalized spacial score (nSPS) is 10.8. The van der Waals surface area contributed by atoms with Crippen LogP contribution in [0.25, 0.3) is 10.8 Å². The topological polar surface area (TPSA) is 33.0 Å². The molecule has 0 radical (unpaired) electrons. The lowest BCUT2D eigenvalue weighted by Gasteiger charge is -2.08. The summed E-state index contributed by atoms with van der Waals surface area (Å²) in [5.41, 5.74) is 0.702. The molecule has 0 saturated carbocycles. The van der Waals surface area contributed by atoms with Crippen molar-refractivity contribution in [2.75, 3.05) is 6.61 Å². The number of benzene rings is 2. The largest absolute Gasteiger partial charge is 0.494 e. The number of rotatable bonds is 14. The lowest BCUT2D eigenvalue weighted by molar-refractivity contribution is 0.304. The van der Waals surface area contributed by atoms with Crippen molar-refractivity contribution in [1.29, 1.82) is 5.26 Å². The Balaban J connectivity index is 1.50. The number of unbranched alkanes of at least 4 members (excludes halogenated alkanes) is 11. The molecule has 0 aromatic heterocycles. The second-order valence-electron chi connectivity index (χ2n) is 7.57. The highest BCUT2D eigenvalue weighted by molar-refractivity contribution is 5.85. The van der Waals surface area contributed by atoms with E-state index >= 15 is 0 Å². The third kappa shape index (κ3) is 8.48. The maximum Gasteiger partial charge on any atom is 0.119 e. The van der Waals surface area contributed by atoms with Crippen molar-refractivity contribution in [1.82, 2.24) is 0 Å². The van der Waals surface area contributed by atoms with Gasteiger partial charge in [0, 0.05) is 0 Å². The van der Waals surface area contributed by atoms with Crippen molar-refractivity contribution in [2.24, 2.45) is 0 Å². The standard InChI is InChI=1S/C25H35NO/c1-2-3-4-5-6-7-8-9-10-11-12-13-18-27-25-17-16-23-19-22(21-26)14-15-24(23)20-25/h14-17,19-20H,2-13,18H2,1H3. The third-order valence-corrected chi connectivity index (χ3v) is 5.21. The first-order chi connectivity index (χ1) is 13.3. The van der Waals surface area contributed by atoms with Gasteiger partial charge in [-0.05, 0) is 41.5 Å². The van der Waals surface area contributed by atoms with Gasteiger partial charge in [-0.15, -0.1) is 0 Å². The van der Waals surface area contributed by atoms with E-state index in [0.29, 0.717) is 5.56 Å². The zero-order valence-corrected chi connectivity index (χ0v) is 17.0. The van der Waals surface area contributed by atoms with E-state index in [1.165, 1.54) is 70.6 Å². The minimum atomic E-state index is 0.702. The Kier molecular flexibility index (Phi) is 10.4. The Bertz CT molecular complexity index is 701. The van der Waals surface area contributed by atoms with Crippen LogP contribution in [0.2, 0.25) is 0 Å². The molecule has 0 atom stereocenters. The van der Waals surface area contributed by atoms with Gasteiger partial charge in [0.05, 0.1) is 18.2 Å². The van der Waals surface area contributed by atoms with Crippen molar-refractivity contribution in [3.8, 4) is 11.8 Å². The molecule has 0 aliphatic carbocycles. The average Bonchev–Trinajstić information content (AvgIpc) is 2.71. The van der Waals surface area contributed by atoms with Gasteiger partial charge in [-0.2, -0.15) is 5.26 Å². The van der Waals surface area contributed by atoms with Crippen LogP contribution in [0.3, 0.4) is 0 Å². The lowest BCUT2D eigenvalue weighted by Crippen LogP contribution is -1.97. The van der Waals surface area contributed by atoms with E-state index in [1.807, 2.05) is 30.3 Å². The van der Waals surface area contributed by atoms with Gasteiger partial charge in [-0.3, -0.25) is 0 Å². The quantitative estimate of drug-likeness (QED) is 0.320. The second-order valence-corrected chi connectivity index (χ2v) is 7.57. The summed E-state index contributed by atoms with van der Waals surface area (Å²) in [6.07, 6.45) is 16.3. The highest BCUT2D eigenvalue weighted by Crippen LogP contribution is 2.22. The van der Waals surface area contributed by atoms with Crippen LogP contribution in [0, 0.1) is 11.3 Å². The molecule has 0 aliphatic rings. The summed E-state index contributed by atoms with van der Waals surface area (Å²) in [6, 6.07) is 14.1. The van der Waals surface area contributed by atoms with Gasteiger partial charge < -0.3 is 4.74 Å². The molecule has 0 fully saturated rings. The van der Waals surface area contributed by atoms with Crippen LogP contribution >= 0.6 is 0 Å². The molecule has 146 valence electrons. The molecule has 27 heavy (non-hydrogen) atoms. The summed E-state index contributed by atoms with van der Waals surface area (Å²) < 4.78 is 5.90. The highest BCUT2D eigenvalue weighted by Gasteiger charge is 2.00. The van der Waals surface area contributed by atoms with Crippen LogP contribution in [0.1, 0.15) is 89.5 Å². The smallest absolute Gasteiger partial charge is 0.119 e. The number of hydrogen-bond donors (Lipinski definition) is 0. The van der Waals surface area contributed by atoms with Gasteiger partial charge in [0.2, 0.25) is 0 Å². The fraction of sp³-hybridized carbons (Fsp3) is 0.560. The van der Waals surface area contributed by atoms with E-state index in [0.717, 1.165) is 29.5 Å². The summed E-state index contributed by atoms with van der Waals surface area (Å²) in [5.74, 6) is 0.926. The summed E-state index contributed by atoms with van der Waals surface area (Å²) in [4.78, 5) is 0. The minimum absolute atomic E-state index is 0.702. The molecule has 0 saturated heterocycles. The second kappa shape index (κ2) is 13.2. The van der Waals surface area contributed by atoms with Crippen LogP contribution < -0.4 is 4.74 Å². The third-order valence-electron chi connectivity index (χ3n) is 5.21. The average molecular weight is 366 g/mol. The fourth-order valence-electron chi connectivity index (χ4n) is 3.52. The summed E-state index contributed by atoms with van der Waals surface area (Å²) >= 11 is 0. The van der Waals surface area contributed by atoms with Crippen molar-refractivity contribution < 1.29 is 4.74 Å². The zero-order chi connectivity index (χ0) is 19.2. The first-order valence-corrected chi connectivity index (χ1v) is 10.9. The molecule has 2 aromatic carbocycles. The molecule has 0 bridgehead atoms.